The molecule has 3 aliphatic rings. The van der Waals surface area contributed by atoms with Crippen LogP contribution in [-0.2, 0) is 14.3 Å². The summed E-state index contributed by atoms with van der Waals surface area (Å²) < 4.78 is 11.4. The molecule has 1 saturated carbocycles. The van der Waals surface area contributed by atoms with Crippen molar-refractivity contribution in [3.05, 3.63) is 0 Å². The van der Waals surface area contributed by atoms with Crippen LogP contribution in [0.3, 0.4) is 0 Å². The van der Waals surface area contributed by atoms with E-state index in [9.17, 15) is 4.79 Å². The van der Waals surface area contributed by atoms with Gasteiger partial charge in [-0.2, -0.15) is 0 Å². The quantitative estimate of drug-likeness (QED) is 0.800. The molecule has 1 atom stereocenters. The molecule has 0 aromatic carbocycles. The minimum atomic E-state index is -0.646. The van der Waals surface area contributed by atoms with Gasteiger partial charge in [0, 0.05) is 25.4 Å². The van der Waals surface area contributed by atoms with E-state index in [-0.39, 0.29) is 11.7 Å². The van der Waals surface area contributed by atoms with Gasteiger partial charge in [0.1, 0.15) is 0 Å². The average molecular weight is 255 g/mol. The number of hydrogen-bond acceptors (Lipinski definition) is 4. The maximum atomic E-state index is 11.0. The first-order valence-corrected chi connectivity index (χ1v) is 6.93. The largest absolute Gasteiger partial charge is 0.481 e. The molecule has 5 heteroatoms. The van der Waals surface area contributed by atoms with E-state index in [1.807, 2.05) is 0 Å². The fraction of sp³-hybridized carbons (Fsp3) is 0.923. The van der Waals surface area contributed by atoms with Crippen molar-refractivity contribution in [1.29, 1.82) is 0 Å². The Bertz CT molecular complexity index is 317. The van der Waals surface area contributed by atoms with Crippen molar-refractivity contribution >= 4 is 5.97 Å². The third-order valence-corrected chi connectivity index (χ3v) is 4.62. The van der Waals surface area contributed by atoms with Crippen LogP contribution >= 0.6 is 0 Å². The molecule has 1 unspecified atom stereocenters. The van der Waals surface area contributed by atoms with Crippen LogP contribution in [0.25, 0.3) is 0 Å². The Kier molecular flexibility index (Phi) is 3.30. The van der Waals surface area contributed by atoms with Crippen molar-refractivity contribution in [2.75, 3.05) is 26.3 Å². The average Bonchev–Trinajstić information content (AvgIpc) is 3.00. The van der Waals surface area contributed by atoms with Crippen LogP contribution in [0.2, 0.25) is 0 Å². The number of carboxylic acid groups (broad SMARTS) is 1. The van der Waals surface area contributed by atoms with Crippen LogP contribution in [0, 0.1) is 5.92 Å². The molecule has 5 nitrogen and oxygen atoms in total. The van der Waals surface area contributed by atoms with Gasteiger partial charge in [0.2, 0.25) is 0 Å². The maximum absolute atomic E-state index is 11.0. The smallest absolute Gasteiger partial charge is 0.307 e. The summed E-state index contributed by atoms with van der Waals surface area (Å²) in [6.07, 6.45) is 4.82. The van der Waals surface area contributed by atoms with Gasteiger partial charge in [-0.05, 0) is 25.8 Å². The van der Waals surface area contributed by atoms with Gasteiger partial charge in [0.15, 0.2) is 5.79 Å². The van der Waals surface area contributed by atoms with E-state index in [2.05, 4.69) is 4.90 Å². The van der Waals surface area contributed by atoms with Crippen molar-refractivity contribution < 1.29 is 19.4 Å². The van der Waals surface area contributed by atoms with E-state index in [0.717, 1.165) is 51.9 Å². The second-order valence-electron chi connectivity index (χ2n) is 5.66. The lowest BCUT2D eigenvalue weighted by Gasteiger charge is -2.39. The fourth-order valence-corrected chi connectivity index (χ4v) is 3.51. The van der Waals surface area contributed by atoms with Crippen LogP contribution in [0.5, 0.6) is 0 Å². The molecule has 3 rings (SSSR count). The fourth-order valence-electron chi connectivity index (χ4n) is 3.51. The number of rotatable bonds is 2. The van der Waals surface area contributed by atoms with Gasteiger partial charge in [0.25, 0.3) is 0 Å². The second kappa shape index (κ2) is 4.79. The van der Waals surface area contributed by atoms with Gasteiger partial charge in [-0.1, -0.05) is 0 Å². The molecule has 2 aliphatic heterocycles. The molecule has 2 heterocycles. The third kappa shape index (κ3) is 2.27. The molecule has 2 saturated heterocycles. The SMILES string of the molecule is O=C(O)C1CCN(C2CCC3(CC2)OCCO3)C1. The van der Waals surface area contributed by atoms with E-state index in [0.29, 0.717) is 12.6 Å². The lowest BCUT2D eigenvalue weighted by atomic mass is 9.89. The van der Waals surface area contributed by atoms with Crippen LogP contribution in [0.1, 0.15) is 32.1 Å². The van der Waals surface area contributed by atoms with Crippen molar-refractivity contribution in [2.45, 2.75) is 43.9 Å². The van der Waals surface area contributed by atoms with E-state index in [1.54, 1.807) is 0 Å². The highest BCUT2D eigenvalue weighted by molar-refractivity contribution is 5.70. The summed E-state index contributed by atoms with van der Waals surface area (Å²) in [6.45, 7) is 3.08. The number of aliphatic carboxylic acids is 1. The highest BCUT2D eigenvalue weighted by Gasteiger charge is 2.42. The van der Waals surface area contributed by atoms with Crippen LogP contribution in [0.15, 0.2) is 0 Å². The normalized spacial score (nSPS) is 33.2. The number of hydrogen-bond donors (Lipinski definition) is 1. The molecule has 102 valence electrons. The summed E-state index contributed by atoms with van der Waals surface area (Å²) in [6, 6.07) is 0.521. The monoisotopic (exact) mass is 255 g/mol. The molecule has 1 N–H and O–H groups in total. The van der Waals surface area contributed by atoms with Crippen LogP contribution in [-0.4, -0.2) is 54.1 Å². The molecule has 0 amide bonds. The number of carbonyl (C=O) groups is 1. The summed E-state index contributed by atoms with van der Waals surface area (Å²) in [4.78, 5) is 13.3. The highest BCUT2D eigenvalue weighted by Crippen LogP contribution is 2.38. The minimum Gasteiger partial charge on any atom is -0.481 e. The van der Waals surface area contributed by atoms with E-state index >= 15 is 0 Å². The summed E-state index contributed by atoms with van der Waals surface area (Å²) in [5.41, 5.74) is 0. The molecular formula is C13H21NO4. The van der Waals surface area contributed by atoms with Crippen molar-refractivity contribution in [2.24, 2.45) is 5.92 Å². The standard InChI is InChI=1S/C13H21NO4/c15-12(16)10-3-6-14(9-10)11-1-4-13(5-2-11)17-7-8-18-13/h10-11H,1-9H2,(H,15,16). The van der Waals surface area contributed by atoms with Gasteiger partial charge in [0.05, 0.1) is 19.1 Å². The van der Waals surface area contributed by atoms with Crippen molar-refractivity contribution in [3.63, 3.8) is 0 Å². The zero-order valence-corrected chi connectivity index (χ0v) is 10.6. The minimum absolute atomic E-state index is 0.167. The van der Waals surface area contributed by atoms with E-state index in [1.165, 1.54) is 0 Å². The molecule has 1 spiro atoms. The molecular weight excluding hydrogens is 234 g/mol. The van der Waals surface area contributed by atoms with Gasteiger partial charge in [-0.25, -0.2) is 0 Å². The van der Waals surface area contributed by atoms with Gasteiger partial charge >= 0.3 is 5.97 Å². The number of nitrogens with zero attached hydrogens (tertiary/aromatic N) is 1. The van der Waals surface area contributed by atoms with Crippen LogP contribution in [0.4, 0.5) is 0 Å². The summed E-state index contributed by atoms with van der Waals surface area (Å²) in [5.74, 6) is -1.12. The molecule has 0 radical (unpaired) electrons. The highest BCUT2D eigenvalue weighted by atomic mass is 16.7. The van der Waals surface area contributed by atoms with E-state index in [4.69, 9.17) is 14.6 Å². The summed E-state index contributed by atoms with van der Waals surface area (Å²) in [7, 11) is 0. The van der Waals surface area contributed by atoms with Crippen molar-refractivity contribution in [3.8, 4) is 0 Å². The van der Waals surface area contributed by atoms with Gasteiger partial charge in [-0.3, -0.25) is 9.69 Å². The first kappa shape index (κ1) is 12.4. The zero-order valence-electron chi connectivity index (χ0n) is 10.6. The number of carboxylic acids is 1. The Morgan fingerprint density at radius 1 is 1.17 bits per heavy atom. The summed E-state index contributed by atoms with van der Waals surface area (Å²) in [5, 5.41) is 9.03. The molecule has 0 bridgehead atoms. The number of ether oxygens (including phenoxy) is 2. The second-order valence-corrected chi connectivity index (χ2v) is 5.66. The van der Waals surface area contributed by atoms with Gasteiger partial charge < -0.3 is 14.6 Å². The predicted octanol–water partition coefficient (Wildman–Crippen LogP) is 1.08. The Hall–Kier alpha value is -0.650. The first-order valence-electron chi connectivity index (χ1n) is 6.93. The maximum Gasteiger partial charge on any atom is 0.307 e. The predicted molar refractivity (Wildman–Crippen MR) is 64.2 cm³/mol. The molecule has 18 heavy (non-hydrogen) atoms. The Labute approximate surface area is 107 Å². The first-order chi connectivity index (χ1) is 8.69. The summed E-state index contributed by atoms with van der Waals surface area (Å²) >= 11 is 0. The molecule has 0 aromatic rings. The molecule has 0 aromatic heterocycles. The van der Waals surface area contributed by atoms with E-state index < -0.39 is 5.97 Å². The Balaban J connectivity index is 1.52. The lowest BCUT2D eigenvalue weighted by molar-refractivity contribution is -0.183. The lowest BCUT2D eigenvalue weighted by Crippen LogP contribution is -2.43. The topological polar surface area (TPSA) is 59.0 Å². The Morgan fingerprint density at radius 2 is 1.83 bits per heavy atom. The number of likely N-dealkylation sites (tertiary alicyclic amines) is 1. The molecule has 1 aliphatic carbocycles. The van der Waals surface area contributed by atoms with Crippen LogP contribution < -0.4 is 0 Å². The van der Waals surface area contributed by atoms with Crippen molar-refractivity contribution in [1.82, 2.24) is 4.90 Å². The molecule has 3 fully saturated rings. The zero-order chi connectivity index (χ0) is 12.6. The Morgan fingerprint density at radius 3 is 2.39 bits per heavy atom. The third-order valence-electron chi connectivity index (χ3n) is 4.62. The van der Waals surface area contributed by atoms with Gasteiger partial charge in [-0.15, -0.1) is 0 Å².